The molecule has 0 saturated heterocycles. The first-order valence-corrected chi connectivity index (χ1v) is 13.4. The molecule has 0 spiro atoms. The molecule has 1 aliphatic carbocycles. The lowest BCUT2D eigenvalue weighted by atomic mass is 10.1. The van der Waals surface area contributed by atoms with Crippen molar-refractivity contribution >= 4 is 43.6 Å². The second-order valence-electron chi connectivity index (χ2n) is 9.92. The fourth-order valence-corrected chi connectivity index (χ4v) is 5.68. The topological polar surface area (TPSA) is 31.6 Å². The van der Waals surface area contributed by atoms with E-state index < -0.39 is 0 Å². The Balaban J connectivity index is 0.0000000974. The average molecular weight is 501 g/mol. The molecule has 2 heteroatoms. The van der Waals surface area contributed by atoms with Crippen molar-refractivity contribution in [2.75, 3.05) is 0 Å². The Bertz CT molecular complexity index is 1810. The van der Waals surface area contributed by atoms with E-state index in [2.05, 4.69) is 156 Å². The molecule has 0 fully saturated rings. The standard InChI is InChI=1S/C13H10.2C12H9N/c1-3-7-12-10(5-1)9-11-6-2-4-8-13(11)12;2*1-3-7-11-9(5-1)10-6-2-4-8-12(10)13-11/h1-8H,9H2;2*1-8,13H. The predicted molar refractivity (Wildman–Crippen MR) is 166 cm³/mol. The second kappa shape index (κ2) is 10.00. The highest BCUT2D eigenvalue weighted by atomic mass is 14.7. The third kappa shape index (κ3) is 4.36. The summed E-state index contributed by atoms with van der Waals surface area (Å²) >= 11 is 0. The molecular formula is C37H28N2. The van der Waals surface area contributed by atoms with Crippen LogP contribution in [-0.2, 0) is 6.42 Å². The van der Waals surface area contributed by atoms with Gasteiger partial charge in [0.05, 0.1) is 0 Å². The summed E-state index contributed by atoms with van der Waals surface area (Å²) in [7, 11) is 0. The number of H-pyrrole nitrogens is 2. The zero-order chi connectivity index (χ0) is 26.0. The summed E-state index contributed by atoms with van der Waals surface area (Å²) in [5, 5.41) is 5.22. The van der Waals surface area contributed by atoms with Crippen LogP contribution in [0.3, 0.4) is 0 Å². The molecular weight excluding hydrogens is 472 g/mol. The highest BCUT2D eigenvalue weighted by Gasteiger charge is 2.15. The quantitative estimate of drug-likeness (QED) is 0.208. The molecule has 0 bridgehead atoms. The number of hydrogen-bond donors (Lipinski definition) is 2. The van der Waals surface area contributed by atoms with Gasteiger partial charge in [0.25, 0.3) is 0 Å². The normalized spacial score (nSPS) is 11.5. The Morgan fingerprint density at radius 2 is 0.590 bits per heavy atom. The monoisotopic (exact) mass is 500 g/mol. The predicted octanol–water partition coefficient (Wildman–Crippen LogP) is 9.90. The molecule has 0 radical (unpaired) electrons. The van der Waals surface area contributed by atoms with Crippen molar-refractivity contribution in [3.05, 3.63) is 157 Å². The van der Waals surface area contributed by atoms with E-state index in [-0.39, 0.29) is 0 Å². The summed E-state index contributed by atoms with van der Waals surface area (Å²) < 4.78 is 0. The highest BCUT2D eigenvalue weighted by molar-refractivity contribution is 6.07. The van der Waals surface area contributed by atoms with Gasteiger partial charge in [-0.2, -0.15) is 0 Å². The zero-order valence-electron chi connectivity index (χ0n) is 21.6. The second-order valence-corrected chi connectivity index (χ2v) is 9.92. The maximum atomic E-state index is 3.38. The van der Waals surface area contributed by atoms with Crippen LogP contribution in [0.2, 0.25) is 0 Å². The van der Waals surface area contributed by atoms with Gasteiger partial charge in [0.2, 0.25) is 0 Å². The molecule has 6 aromatic carbocycles. The van der Waals surface area contributed by atoms with E-state index in [9.17, 15) is 0 Å². The van der Waals surface area contributed by atoms with Gasteiger partial charge >= 0.3 is 0 Å². The molecule has 39 heavy (non-hydrogen) atoms. The van der Waals surface area contributed by atoms with Crippen molar-refractivity contribution in [2.24, 2.45) is 0 Å². The molecule has 0 unspecified atom stereocenters. The van der Waals surface area contributed by atoms with Crippen molar-refractivity contribution in [1.82, 2.24) is 9.97 Å². The van der Waals surface area contributed by atoms with Crippen LogP contribution in [0.15, 0.2) is 146 Å². The van der Waals surface area contributed by atoms with E-state index >= 15 is 0 Å². The summed E-state index contributed by atoms with van der Waals surface area (Å²) in [6.45, 7) is 0. The van der Waals surface area contributed by atoms with E-state index in [0.717, 1.165) is 6.42 Å². The smallest absolute Gasteiger partial charge is 0.0464 e. The number of aromatic nitrogens is 2. The minimum atomic E-state index is 1.10. The van der Waals surface area contributed by atoms with Crippen molar-refractivity contribution in [3.8, 4) is 11.1 Å². The SMILES string of the molecule is c1ccc2c(c1)Cc1ccccc1-2.c1ccc2c(c1)[nH]c1ccccc12.c1ccc2c(c1)[nH]c1ccccc12. The van der Waals surface area contributed by atoms with Gasteiger partial charge in [-0.15, -0.1) is 0 Å². The fraction of sp³-hybridized carbons (Fsp3) is 0.0270. The van der Waals surface area contributed by atoms with Gasteiger partial charge in [-0.25, -0.2) is 0 Å². The maximum Gasteiger partial charge on any atom is 0.0464 e. The molecule has 0 atom stereocenters. The third-order valence-electron chi connectivity index (χ3n) is 7.53. The summed E-state index contributed by atoms with van der Waals surface area (Å²) in [6.07, 6.45) is 1.10. The van der Waals surface area contributed by atoms with E-state index in [1.807, 2.05) is 0 Å². The van der Waals surface area contributed by atoms with E-state index in [1.54, 1.807) is 0 Å². The van der Waals surface area contributed by atoms with Crippen molar-refractivity contribution in [2.45, 2.75) is 6.42 Å². The number of para-hydroxylation sites is 4. The van der Waals surface area contributed by atoms with Crippen LogP contribution in [0.4, 0.5) is 0 Å². The van der Waals surface area contributed by atoms with Gasteiger partial charge < -0.3 is 9.97 Å². The summed E-state index contributed by atoms with van der Waals surface area (Å²) in [6, 6.07) is 50.8. The lowest BCUT2D eigenvalue weighted by Gasteiger charge is -1.98. The van der Waals surface area contributed by atoms with Crippen molar-refractivity contribution in [1.29, 1.82) is 0 Å². The summed E-state index contributed by atoms with van der Waals surface area (Å²) in [4.78, 5) is 6.76. The highest BCUT2D eigenvalue weighted by Crippen LogP contribution is 2.35. The lowest BCUT2D eigenvalue weighted by molar-refractivity contribution is 1.26. The van der Waals surface area contributed by atoms with Crippen LogP contribution < -0.4 is 0 Å². The van der Waals surface area contributed by atoms with E-state index in [4.69, 9.17) is 0 Å². The number of fused-ring (bicyclic) bond motifs is 9. The number of benzene rings is 6. The minimum Gasteiger partial charge on any atom is -0.355 e. The molecule has 9 rings (SSSR count). The third-order valence-corrected chi connectivity index (χ3v) is 7.53. The molecule has 186 valence electrons. The van der Waals surface area contributed by atoms with Gasteiger partial charge in [0.1, 0.15) is 0 Å². The molecule has 1 aliphatic rings. The zero-order valence-corrected chi connectivity index (χ0v) is 21.6. The van der Waals surface area contributed by atoms with Crippen LogP contribution in [0.25, 0.3) is 54.7 Å². The molecule has 0 amide bonds. The Morgan fingerprint density at radius 3 is 0.949 bits per heavy atom. The van der Waals surface area contributed by atoms with Gasteiger partial charge in [-0.1, -0.05) is 121 Å². The first kappa shape index (κ1) is 23.1. The van der Waals surface area contributed by atoms with Gasteiger partial charge in [-0.05, 0) is 52.9 Å². The molecule has 2 aromatic heterocycles. The van der Waals surface area contributed by atoms with Gasteiger partial charge in [-0.3, -0.25) is 0 Å². The summed E-state index contributed by atoms with van der Waals surface area (Å²) in [5.74, 6) is 0. The summed E-state index contributed by atoms with van der Waals surface area (Å²) in [5.41, 5.74) is 10.6. The average Bonchev–Trinajstić information content (AvgIpc) is 3.69. The minimum absolute atomic E-state index is 1.10. The van der Waals surface area contributed by atoms with E-state index in [1.165, 1.54) is 65.9 Å². The number of hydrogen-bond acceptors (Lipinski definition) is 0. The molecule has 2 nitrogen and oxygen atoms in total. The first-order valence-electron chi connectivity index (χ1n) is 13.4. The maximum absolute atomic E-state index is 3.38. The molecule has 0 aliphatic heterocycles. The molecule has 2 N–H and O–H groups in total. The van der Waals surface area contributed by atoms with Gasteiger partial charge in [0.15, 0.2) is 0 Å². The largest absolute Gasteiger partial charge is 0.355 e. The molecule has 0 saturated carbocycles. The first-order chi connectivity index (χ1) is 19.3. The van der Waals surface area contributed by atoms with Crippen LogP contribution in [0.1, 0.15) is 11.1 Å². The number of aromatic amines is 2. The van der Waals surface area contributed by atoms with Crippen molar-refractivity contribution < 1.29 is 0 Å². The van der Waals surface area contributed by atoms with Crippen LogP contribution in [-0.4, -0.2) is 9.97 Å². The molecule has 2 heterocycles. The Morgan fingerprint density at radius 1 is 0.308 bits per heavy atom. The van der Waals surface area contributed by atoms with Crippen LogP contribution >= 0.6 is 0 Å². The lowest BCUT2D eigenvalue weighted by Crippen LogP contribution is -1.77. The van der Waals surface area contributed by atoms with Gasteiger partial charge in [0, 0.05) is 43.6 Å². The Labute approximate surface area is 227 Å². The number of nitrogens with one attached hydrogen (secondary N) is 2. The van der Waals surface area contributed by atoms with Crippen LogP contribution in [0, 0.1) is 0 Å². The molecule has 8 aromatic rings. The van der Waals surface area contributed by atoms with E-state index in [0.29, 0.717) is 0 Å². The Hall–Kier alpha value is -5.08. The number of rotatable bonds is 0. The fourth-order valence-electron chi connectivity index (χ4n) is 5.68. The van der Waals surface area contributed by atoms with Crippen LogP contribution in [0.5, 0.6) is 0 Å². The van der Waals surface area contributed by atoms with Crippen molar-refractivity contribution in [3.63, 3.8) is 0 Å². The Kier molecular flexibility index (Phi) is 5.91.